The van der Waals surface area contributed by atoms with E-state index in [0.717, 1.165) is 0 Å². The molecule has 1 aromatic carbocycles. The van der Waals surface area contributed by atoms with Gasteiger partial charge in [0, 0.05) is 24.1 Å². The molecule has 84 valence electrons. The smallest absolute Gasteiger partial charge is 0.270 e. The molecule has 0 unspecified atom stereocenters. The molecule has 0 aromatic heterocycles. The van der Waals surface area contributed by atoms with Crippen LogP contribution in [0.4, 0.5) is 5.69 Å². The summed E-state index contributed by atoms with van der Waals surface area (Å²) in [5.41, 5.74) is 0.0609. The van der Waals surface area contributed by atoms with Crippen molar-refractivity contribution in [2.24, 2.45) is 0 Å². The lowest BCUT2D eigenvalue weighted by Gasteiger charge is -1.99. The van der Waals surface area contributed by atoms with Crippen LogP contribution in [-0.4, -0.2) is 16.5 Å². The Balaban J connectivity index is 2.88. The molecular formula is C11H11NO4. The lowest BCUT2D eigenvalue weighted by molar-refractivity contribution is -0.384. The molecule has 1 rings (SSSR count). The van der Waals surface area contributed by atoms with Crippen LogP contribution in [0.5, 0.6) is 0 Å². The lowest BCUT2D eigenvalue weighted by Crippen LogP contribution is -2.07. The molecule has 0 saturated heterocycles. The number of nitro benzene ring substituents is 1. The second kappa shape index (κ2) is 5.16. The minimum Gasteiger partial charge on any atom is -0.299 e. The Labute approximate surface area is 92.2 Å². The number of carbonyl (C=O) groups is 2. The van der Waals surface area contributed by atoms with Crippen LogP contribution in [0.1, 0.15) is 30.1 Å². The first-order valence-corrected chi connectivity index (χ1v) is 4.84. The topological polar surface area (TPSA) is 77.3 Å². The summed E-state index contributed by atoms with van der Waals surface area (Å²) in [7, 11) is 0. The summed E-state index contributed by atoms with van der Waals surface area (Å²) in [5.74, 6) is -0.549. The molecule has 5 nitrogen and oxygen atoms in total. The number of carbonyl (C=O) groups excluding carboxylic acids is 2. The molecule has 0 spiro atoms. The van der Waals surface area contributed by atoms with E-state index in [1.807, 2.05) is 0 Å². The summed E-state index contributed by atoms with van der Waals surface area (Å²) in [5, 5.41) is 10.5. The van der Waals surface area contributed by atoms with Gasteiger partial charge in [0.05, 0.1) is 11.3 Å². The zero-order chi connectivity index (χ0) is 12.1. The van der Waals surface area contributed by atoms with Crippen LogP contribution < -0.4 is 0 Å². The van der Waals surface area contributed by atoms with E-state index in [-0.39, 0.29) is 29.2 Å². The van der Waals surface area contributed by atoms with E-state index in [4.69, 9.17) is 0 Å². The minimum atomic E-state index is -0.571. The molecule has 0 amide bonds. The van der Waals surface area contributed by atoms with Crippen molar-refractivity contribution in [3.63, 3.8) is 0 Å². The van der Waals surface area contributed by atoms with Crippen LogP contribution in [0.3, 0.4) is 0 Å². The Kier molecular flexibility index (Phi) is 3.88. The fraction of sp³-hybridized carbons (Fsp3) is 0.273. The summed E-state index contributed by atoms with van der Waals surface area (Å²) >= 11 is 0. The zero-order valence-electron chi connectivity index (χ0n) is 8.80. The Morgan fingerprint density at radius 2 is 2.06 bits per heavy atom. The average Bonchev–Trinajstić information content (AvgIpc) is 2.28. The van der Waals surface area contributed by atoms with E-state index >= 15 is 0 Å². The van der Waals surface area contributed by atoms with Crippen LogP contribution in [-0.2, 0) is 4.79 Å². The predicted octanol–water partition coefficient (Wildman–Crippen LogP) is 2.15. The molecule has 0 bridgehead atoms. The Morgan fingerprint density at radius 1 is 1.38 bits per heavy atom. The van der Waals surface area contributed by atoms with E-state index in [0.29, 0.717) is 6.42 Å². The number of nitro groups is 1. The maximum absolute atomic E-state index is 11.5. The van der Waals surface area contributed by atoms with Gasteiger partial charge in [-0.1, -0.05) is 19.1 Å². The molecule has 0 N–H and O–H groups in total. The molecule has 0 radical (unpaired) electrons. The summed E-state index contributed by atoms with van der Waals surface area (Å²) in [4.78, 5) is 32.5. The zero-order valence-corrected chi connectivity index (χ0v) is 8.80. The van der Waals surface area contributed by atoms with E-state index < -0.39 is 4.92 Å². The molecule has 0 saturated carbocycles. The van der Waals surface area contributed by atoms with Crippen molar-refractivity contribution < 1.29 is 14.5 Å². The van der Waals surface area contributed by atoms with Gasteiger partial charge in [0.1, 0.15) is 5.78 Å². The van der Waals surface area contributed by atoms with Gasteiger partial charge in [-0.25, -0.2) is 0 Å². The monoisotopic (exact) mass is 221 g/mol. The van der Waals surface area contributed by atoms with Crippen molar-refractivity contribution in [3.8, 4) is 0 Å². The highest BCUT2D eigenvalue weighted by molar-refractivity contribution is 6.08. The van der Waals surface area contributed by atoms with Crippen molar-refractivity contribution >= 4 is 17.3 Å². The van der Waals surface area contributed by atoms with Crippen molar-refractivity contribution in [3.05, 3.63) is 39.9 Å². The molecule has 0 aliphatic rings. The van der Waals surface area contributed by atoms with Gasteiger partial charge in [-0.3, -0.25) is 19.7 Å². The minimum absolute atomic E-state index is 0.144. The van der Waals surface area contributed by atoms with Gasteiger partial charge in [-0.15, -0.1) is 0 Å². The molecule has 0 aliphatic heterocycles. The number of hydrogen-bond acceptors (Lipinski definition) is 4. The molecule has 1 aromatic rings. The number of Topliss-reactive ketones (excluding diaryl/α,β-unsaturated/α-hetero) is 2. The van der Waals surface area contributed by atoms with Crippen molar-refractivity contribution in [1.82, 2.24) is 0 Å². The van der Waals surface area contributed by atoms with Crippen molar-refractivity contribution in [2.45, 2.75) is 19.8 Å². The lowest BCUT2D eigenvalue weighted by atomic mass is 10.0. The molecular weight excluding hydrogens is 210 g/mol. The highest BCUT2D eigenvalue weighted by Gasteiger charge is 2.13. The second-order valence-corrected chi connectivity index (χ2v) is 3.30. The van der Waals surface area contributed by atoms with E-state index in [9.17, 15) is 19.7 Å². The first-order chi connectivity index (χ1) is 7.54. The van der Waals surface area contributed by atoms with Crippen LogP contribution in [0.25, 0.3) is 0 Å². The summed E-state index contributed by atoms with van der Waals surface area (Å²) < 4.78 is 0. The third kappa shape index (κ3) is 2.98. The number of ketones is 2. The van der Waals surface area contributed by atoms with Gasteiger partial charge in [0.2, 0.25) is 0 Å². The van der Waals surface area contributed by atoms with Crippen LogP contribution in [0.2, 0.25) is 0 Å². The predicted molar refractivity (Wildman–Crippen MR) is 57.3 cm³/mol. The molecule has 0 aliphatic carbocycles. The Hall–Kier alpha value is -2.04. The number of non-ortho nitro benzene ring substituents is 1. The first kappa shape index (κ1) is 12.0. The normalized spacial score (nSPS) is 9.81. The van der Waals surface area contributed by atoms with Crippen LogP contribution in [0.15, 0.2) is 24.3 Å². The number of hydrogen-bond donors (Lipinski definition) is 0. The standard InChI is InChI=1S/C11H11NO4/c1-2-10(13)7-11(14)8-4-3-5-9(6-8)12(15)16/h3-6H,2,7H2,1H3. The van der Waals surface area contributed by atoms with Crippen molar-refractivity contribution in [1.29, 1.82) is 0 Å². The van der Waals surface area contributed by atoms with Crippen LogP contribution >= 0.6 is 0 Å². The maximum atomic E-state index is 11.5. The molecule has 16 heavy (non-hydrogen) atoms. The highest BCUT2D eigenvalue weighted by atomic mass is 16.6. The third-order valence-corrected chi connectivity index (χ3v) is 2.13. The largest absolute Gasteiger partial charge is 0.299 e. The van der Waals surface area contributed by atoms with E-state index in [1.54, 1.807) is 6.92 Å². The van der Waals surface area contributed by atoms with Gasteiger partial charge in [-0.05, 0) is 0 Å². The number of benzene rings is 1. The third-order valence-electron chi connectivity index (χ3n) is 2.13. The van der Waals surface area contributed by atoms with Crippen molar-refractivity contribution in [2.75, 3.05) is 0 Å². The van der Waals surface area contributed by atoms with Gasteiger partial charge >= 0.3 is 0 Å². The summed E-state index contributed by atoms with van der Waals surface area (Å²) in [6.45, 7) is 1.67. The highest BCUT2D eigenvalue weighted by Crippen LogP contribution is 2.14. The first-order valence-electron chi connectivity index (χ1n) is 4.84. The Bertz CT molecular complexity index is 439. The number of nitrogens with zero attached hydrogens (tertiary/aromatic N) is 1. The molecule has 0 fully saturated rings. The fourth-order valence-electron chi connectivity index (χ4n) is 1.20. The van der Waals surface area contributed by atoms with Gasteiger partial charge in [0.15, 0.2) is 5.78 Å². The maximum Gasteiger partial charge on any atom is 0.270 e. The van der Waals surface area contributed by atoms with E-state index in [1.165, 1.54) is 24.3 Å². The SMILES string of the molecule is CCC(=O)CC(=O)c1cccc([N+](=O)[O-])c1. The van der Waals surface area contributed by atoms with Gasteiger partial charge < -0.3 is 0 Å². The summed E-state index contributed by atoms with van der Waals surface area (Å²) in [6.07, 6.45) is 0.0956. The quantitative estimate of drug-likeness (QED) is 0.330. The molecule has 0 atom stereocenters. The van der Waals surface area contributed by atoms with E-state index in [2.05, 4.69) is 0 Å². The van der Waals surface area contributed by atoms with Gasteiger partial charge in [0.25, 0.3) is 5.69 Å². The fourth-order valence-corrected chi connectivity index (χ4v) is 1.20. The molecule has 0 heterocycles. The Morgan fingerprint density at radius 3 is 2.62 bits per heavy atom. The number of rotatable bonds is 5. The van der Waals surface area contributed by atoms with Crippen LogP contribution in [0, 0.1) is 10.1 Å². The summed E-state index contributed by atoms with van der Waals surface area (Å²) in [6, 6.07) is 5.39. The van der Waals surface area contributed by atoms with Gasteiger partial charge in [-0.2, -0.15) is 0 Å². The average molecular weight is 221 g/mol. The second-order valence-electron chi connectivity index (χ2n) is 3.30. The molecule has 5 heteroatoms.